The summed E-state index contributed by atoms with van der Waals surface area (Å²) in [5.41, 5.74) is -2.02. The lowest BCUT2D eigenvalue weighted by atomic mass is 9.76. The molecule has 1 rings (SSSR count). The highest BCUT2D eigenvalue weighted by Crippen LogP contribution is 2.32. The maximum Gasteiger partial charge on any atom is 0.408 e. The number of ether oxygens (including phenoxy) is 1. The molecule has 5 nitrogen and oxygen atoms in total. The lowest BCUT2D eigenvalue weighted by molar-refractivity contribution is -0.144. The van der Waals surface area contributed by atoms with Crippen LogP contribution < -0.4 is 10.6 Å². The average molecular weight is 296 g/mol. The van der Waals surface area contributed by atoms with E-state index in [4.69, 9.17) is 4.74 Å². The van der Waals surface area contributed by atoms with Crippen LogP contribution in [-0.2, 0) is 9.53 Å². The first kappa shape index (κ1) is 16.6. The number of hydrogen-bond acceptors (Lipinski definition) is 3. The van der Waals surface area contributed by atoms with E-state index in [9.17, 15) is 22.8 Å². The van der Waals surface area contributed by atoms with Gasteiger partial charge >= 0.3 is 12.3 Å². The summed E-state index contributed by atoms with van der Waals surface area (Å²) in [7, 11) is 0. The Morgan fingerprint density at radius 3 is 2.10 bits per heavy atom. The molecule has 1 aliphatic rings. The van der Waals surface area contributed by atoms with Gasteiger partial charge in [0.2, 0.25) is 5.91 Å². The third-order valence-electron chi connectivity index (χ3n) is 2.83. The van der Waals surface area contributed by atoms with E-state index in [-0.39, 0.29) is 0 Å². The number of rotatable bonds is 3. The molecule has 116 valence electrons. The first-order valence-electron chi connectivity index (χ1n) is 6.30. The Hall–Kier alpha value is -1.47. The fourth-order valence-electron chi connectivity index (χ4n) is 1.79. The van der Waals surface area contributed by atoms with E-state index in [1.807, 2.05) is 0 Å². The van der Waals surface area contributed by atoms with Crippen LogP contribution in [0.5, 0.6) is 0 Å². The highest BCUT2D eigenvalue weighted by molar-refractivity contribution is 5.91. The van der Waals surface area contributed by atoms with Gasteiger partial charge in [-0.1, -0.05) is 0 Å². The molecular formula is C12H19F3N2O3. The van der Waals surface area contributed by atoms with Gasteiger partial charge in [0.25, 0.3) is 0 Å². The summed E-state index contributed by atoms with van der Waals surface area (Å²) in [6, 6.07) is 0. The van der Waals surface area contributed by atoms with Crippen LogP contribution in [0.1, 0.15) is 40.0 Å². The van der Waals surface area contributed by atoms with Gasteiger partial charge in [0.15, 0.2) is 0 Å². The van der Waals surface area contributed by atoms with E-state index in [0.717, 1.165) is 0 Å². The molecule has 0 aromatic heterocycles. The van der Waals surface area contributed by atoms with Crippen molar-refractivity contribution in [3.63, 3.8) is 0 Å². The van der Waals surface area contributed by atoms with Crippen LogP contribution in [0.15, 0.2) is 0 Å². The molecule has 1 fully saturated rings. The molecular weight excluding hydrogens is 277 g/mol. The fourth-order valence-corrected chi connectivity index (χ4v) is 1.79. The zero-order valence-electron chi connectivity index (χ0n) is 11.7. The maximum atomic E-state index is 12.1. The first-order valence-corrected chi connectivity index (χ1v) is 6.30. The van der Waals surface area contributed by atoms with Crippen LogP contribution in [0.3, 0.4) is 0 Å². The molecule has 1 aliphatic carbocycles. The van der Waals surface area contributed by atoms with Crippen molar-refractivity contribution in [1.29, 1.82) is 0 Å². The monoisotopic (exact) mass is 296 g/mol. The molecule has 0 spiro atoms. The van der Waals surface area contributed by atoms with Crippen molar-refractivity contribution in [3.8, 4) is 0 Å². The Balaban J connectivity index is 2.59. The maximum absolute atomic E-state index is 12.1. The molecule has 0 aromatic rings. The van der Waals surface area contributed by atoms with E-state index in [2.05, 4.69) is 5.32 Å². The Labute approximate surface area is 115 Å². The summed E-state index contributed by atoms with van der Waals surface area (Å²) < 4.78 is 41.3. The molecule has 0 aromatic carbocycles. The molecule has 2 N–H and O–H groups in total. The van der Waals surface area contributed by atoms with Crippen molar-refractivity contribution in [2.24, 2.45) is 0 Å². The van der Waals surface area contributed by atoms with Gasteiger partial charge < -0.3 is 15.4 Å². The van der Waals surface area contributed by atoms with Gasteiger partial charge in [-0.3, -0.25) is 4.79 Å². The van der Waals surface area contributed by atoms with Gasteiger partial charge in [-0.05, 0) is 40.0 Å². The Bertz CT molecular complexity index is 384. The third kappa shape index (κ3) is 4.90. The van der Waals surface area contributed by atoms with Crippen LogP contribution in [0.2, 0.25) is 0 Å². The second-order valence-electron chi connectivity index (χ2n) is 5.86. The van der Waals surface area contributed by atoms with Crippen molar-refractivity contribution in [2.75, 3.05) is 6.54 Å². The number of amides is 2. The predicted molar refractivity (Wildman–Crippen MR) is 65.0 cm³/mol. The number of carbonyl (C=O) groups is 2. The topological polar surface area (TPSA) is 67.4 Å². The van der Waals surface area contributed by atoms with Crippen LogP contribution in [0.25, 0.3) is 0 Å². The van der Waals surface area contributed by atoms with Gasteiger partial charge in [0.05, 0.1) is 0 Å². The lowest BCUT2D eigenvalue weighted by Crippen LogP contribution is -2.64. The van der Waals surface area contributed by atoms with Gasteiger partial charge in [0, 0.05) is 0 Å². The Kier molecular flexibility index (Phi) is 4.55. The second-order valence-corrected chi connectivity index (χ2v) is 5.86. The van der Waals surface area contributed by atoms with E-state index >= 15 is 0 Å². The molecule has 20 heavy (non-hydrogen) atoms. The second kappa shape index (κ2) is 5.49. The number of halogens is 3. The van der Waals surface area contributed by atoms with Crippen molar-refractivity contribution in [1.82, 2.24) is 10.6 Å². The molecule has 0 radical (unpaired) electrons. The largest absolute Gasteiger partial charge is 0.444 e. The predicted octanol–water partition coefficient (Wildman–Crippen LogP) is 2.11. The summed E-state index contributed by atoms with van der Waals surface area (Å²) >= 11 is 0. The minimum absolute atomic E-state index is 0.302. The summed E-state index contributed by atoms with van der Waals surface area (Å²) in [4.78, 5) is 23.5. The molecule has 0 saturated heterocycles. The molecule has 0 heterocycles. The standard InChI is InChI=1S/C12H19F3N2O3/c1-10(2,3)20-9(19)17-11(5-4-6-11)8(18)16-7-12(13,14)15/h4-7H2,1-3H3,(H,16,18)(H,17,19). The summed E-state index contributed by atoms with van der Waals surface area (Å²) in [5.74, 6) is -0.827. The lowest BCUT2D eigenvalue weighted by Gasteiger charge is -2.40. The zero-order chi connectivity index (χ0) is 15.6. The van der Waals surface area contributed by atoms with Crippen molar-refractivity contribution >= 4 is 12.0 Å². The highest BCUT2D eigenvalue weighted by Gasteiger charge is 2.47. The van der Waals surface area contributed by atoms with E-state index in [0.29, 0.717) is 19.3 Å². The molecule has 8 heteroatoms. The van der Waals surface area contributed by atoms with Crippen molar-refractivity contribution < 1.29 is 27.5 Å². The first-order chi connectivity index (χ1) is 8.94. The quantitative estimate of drug-likeness (QED) is 0.838. The minimum Gasteiger partial charge on any atom is -0.444 e. The Morgan fingerprint density at radius 2 is 1.75 bits per heavy atom. The SMILES string of the molecule is CC(C)(C)OC(=O)NC1(C(=O)NCC(F)(F)F)CCC1. The molecule has 0 bridgehead atoms. The van der Waals surface area contributed by atoms with E-state index in [1.165, 1.54) is 0 Å². The Morgan fingerprint density at radius 1 is 1.20 bits per heavy atom. The number of carbonyl (C=O) groups excluding carboxylic acids is 2. The van der Waals surface area contributed by atoms with Gasteiger partial charge in [0.1, 0.15) is 17.7 Å². The fraction of sp³-hybridized carbons (Fsp3) is 0.833. The van der Waals surface area contributed by atoms with Crippen LogP contribution in [-0.4, -0.2) is 35.9 Å². The van der Waals surface area contributed by atoms with Crippen LogP contribution in [0.4, 0.5) is 18.0 Å². The van der Waals surface area contributed by atoms with Gasteiger partial charge in [-0.2, -0.15) is 13.2 Å². The molecule has 0 atom stereocenters. The third-order valence-corrected chi connectivity index (χ3v) is 2.83. The zero-order valence-corrected chi connectivity index (χ0v) is 11.7. The molecule has 0 unspecified atom stereocenters. The summed E-state index contributed by atoms with van der Waals surface area (Å²) in [6.07, 6.45) is -4.02. The van der Waals surface area contributed by atoms with Gasteiger partial charge in [-0.25, -0.2) is 4.79 Å². The number of hydrogen-bond donors (Lipinski definition) is 2. The summed E-state index contributed by atoms with van der Waals surface area (Å²) in [6.45, 7) is 3.56. The molecule has 2 amide bonds. The number of alkyl halides is 3. The smallest absolute Gasteiger partial charge is 0.408 e. The van der Waals surface area contributed by atoms with Crippen LogP contribution >= 0.6 is 0 Å². The summed E-state index contributed by atoms with van der Waals surface area (Å²) in [5, 5.41) is 4.18. The van der Waals surface area contributed by atoms with Crippen molar-refractivity contribution in [3.05, 3.63) is 0 Å². The minimum atomic E-state index is -4.48. The molecule has 0 aliphatic heterocycles. The molecule has 1 saturated carbocycles. The number of nitrogens with one attached hydrogen (secondary N) is 2. The van der Waals surface area contributed by atoms with E-state index in [1.54, 1.807) is 26.1 Å². The number of alkyl carbamates (subject to hydrolysis) is 1. The van der Waals surface area contributed by atoms with E-state index < -0.39 is 35.9 Å². The highest BCUT2D eigenvalue weighted by atomic mass is 19.4. The average Bonchev–Trinajstić information content (AvgIpc) is 2.16. The van der Waals surface area contributed by atoms with Crippen LogP contribution in [0, 0.1) is 0 Å². The normalized spacial score (nSPS) is 17.9. The van der Waals surface area contributed by atoms with Gasteiger partial charge in [-0.15, -0.1) is 0 Å². The van der Waals surface area contributed by atoms with Crippen molar-refractivity contribution in [2.45, 2.75) is 57.3 Å².